The van der Waals surface area contributed by atoms with Gasteiger partial charge >= 0.3 is 0 Å². The predicted octanol–water partition coefficient (Wildman–Crippen LogP) is 2.71. The quantitative estimate of drug-likeness (QED) is 0.764. The van der Waals surface area contributed by atoms with Gasteiger partial charge in [0.2, 0.25) is 0 Å². The number of fused-ring (bicyclic) bond motifs is 1. The normalized spacial score (nSPS) is 17.5. The van der Waals surface area contributed by atoms with Crippen molar-refractivity contribution in [3.8, 4) is 0 Å². The first-order chi connectivity index (χ1) is 8.38. The largest absolute Gasteiger partial charge is 0.356 e. The number of nitrogens with zero attached hydrogens (tertiary/aromatic N) is 2. The number of hydrogen-bond acceptors (Lipinski definition) is 4. The van der Waals surface area contributed by atoms with E-state index in [0.717, 1.165) is 38.0 Å². The molecule has 0 saturated carbocycles. The summed E-state index contributed by atoms with van der Waals surface area (Å²) in [6.45, 7) is 1.87. The average molecular weight is 246 g/mol. The Morgan fingerprint density at radius 3 is 2.94 bits per heavy atom. The van der Waals surface area contributed by atoms with E-state index < -0.39 is 0 Å². The molecule has 1 fully saturated rings. The number of aromatic nitrogens is 1. The van der Waals surface area contributed by atoms with Crippen LogP contribution in [0.2, 0.25) is 0 Å². The first kappa shape index (κ1) is 10.7. The van der Waals surface area contributed by atoms with Gasteiger partial charge in [-0.1, -0.05) is 0 Å². The zero-order chi connectivity index (χ0) is 11.7. The van der Waals surface area contributed by atoms with Crippen LogP contribution in [0.4, 0.5) is 5.82 Å². The van der Waals surface area contributed by atoms with Crippen LogP contribution in [0.1, 0.15) is 12.8 Å². The van der Waals surface area contributed by atoms with Gasteiger partial charge in [0, 0.05) is 35.3 Å². The molecule has 0 N–H and O–H groups in total. The van der Waals surface area contributed by atoms with Crippen LogP contribution < -0.4 is 4.90 Å². The summed E-state index contributed by atoms with van der Waals surface area (Å²) in [7, 11) is 0. The van der Waals surface area contributed by atoms with Crippen LogP contribution >= 0.6 is 11.3 Å². The zero-order valence-corrected chi connectivity index (χ0v) is 10.3. The molecule has 0 radical (unpaired) electrons. The highest BCUT2D eigenvalue weighted by atomic mass is 32.1. The second-order valence-electron chi connectivity index (χ2n) is 4.43. The Morgan fingerprint density at radius 1 is 1.35 bits per heavy atom. The molecule has 17 heavy (non-hydrogen) atoms. The Bertz CT molecular complexity index is 529. The molecule has 3 nitrogen and oxygen atoms in total. The number of hydrogen-bond donors (Lipinski definition) is 0. The molecule has 3 heterocycles. The van der Waals surface area contributed by atoms with E-state index in [1.54, 1.807) is 11.3 Å². The highest BCUT2D eigenvalue weighted by Gasteiger charge is 2.20. The van der Waals surface area contributed by atoms with Crippen molar-refractivity contribution in [2.75, 3.05) is 18.0 Å². The van der Waals surface area contributed by atoms with Gasteiger partial charge in [-0.25, -0.2) is 4.98 Å². The molecule has 88 valence electrons. The Balaban J connectivity index is 1.89. The maximum absolute atomic E-state index is 10.7. The number of thiophene rings is 1. The van der Waals surface area contributed by atoms with E-state index in [-0.39, 0.29) is 5.92 Å². The summed E-state index contributed by atoms with van der Waals surface area (Å²) in [5, 5.41) is 3.34. The number of carbonyl (C=O) groups excluding carboxylic acids is 1. The Labute approximate surface area is 104 Å². The maximum atomic E-state index is 10.7. The van der Waals surface area contributed by atoms with Crippen LogP contribution in [0.5, 0.6) is 0 Å². The summed E-state index contributed by atoms with van der Waals surface area (Å²) >= 11 is 1.75. The molecule has 1 aliphatic rings. The third-order valence-electron chi connectivity index (χ3n) is 3.39. The van der Waals surface area contributed by atoms with Crippen LogP contribution in [-0.2, 0) is 4.79 Å². The van der Waals surface area contributed by atoms with Crippen LogP contribution in [0, 0.1) is 5.92 Å². The van der Waals surface area contributed by atoms with E-state index in [4.69, 9.17) is 0 Å². The summed E-state index contributed by atoms with van der Waals surface area (Å²) in [6.07, 6.45) is 4.87. The Morgan fingerprint density at radius 2 is 2.18 bits per heavy atom. The van der Waals surface area contributed by atoms with Gasteiger partial charge < -0.3 is 9.69 Å². The standard InChI is InChI=1S/C13H14N2OS/c16-9-10-2-6-15(7-3-10)13-11-4-8-17-12(11)1-5-14-13/h1,4-5,8-10H,2-3,6-7H2. The molecule has 0 aromatic carbocycles. The number of anilines is 1. The molecular weight excluding hydrogens is 232 g/mol. The molecule has 3 rings (SSSR count). The fourth-order valence-electron chi connectivity index (χ4n) is 2.38. The fraction of sp³-hybridized carbons (Fsp3) is 0.385. The number of aldehydes is 1. The van der Waals surface area contributed by atoms with Gasteiger partial charge in [-0.2, -0.15) is 0 Å². The summed E-state index contributed by atoms with van der Waals surface area (Å²) in [5.41, 5.74) is 0. The maximum Gasteiger partial charge on any atom is 0.137 e. The minimum absolute atomic E-state index is 0.243. The van der Waals surface area contributed by atoms with Gasteiger partial charge in [-0.05, 0) is 30.4 Å². The molecular formula is C13H14N2OS. The molecule has 0 atom stereocenters. The molecule has 0 bridgehead atoms. The summed E-state index contributed by atoms with van der Waals surface area (Å²) in [6, 6.07) is 4.19. The smallest absolute Gasteiger partial charge is 0.137 e. The lowest BCUT2D eigenvalue weighted by atomic mass is 9.98. The van der Waals surface area contributed by atoms with Gasteiger partial charge in [0.05, 0.1) is 0 Å². The van der Waals surface area contributed by atoms with Gasteiger partial charge in [0.1, 0.15) is 12.1 Å². The number of carbonyl (C=O) groups is 1. The van der Waals surface area contributed by atoms with Gasteiger partial charge in [-0.3, -0.25) is 0 Å². The molecule has 2 aromatic heterocycles. The van der Waals surface area contributed by atoms with Gasteiger partial charge in [0.25, 0.3) is 0 Å². The van der Waals surface area contributed by atoms with E-state index >= 15 is 0 Å². The van der Waals surface area contributed by atoms with Crippen molar-refractivity contribution in [2.45, 2.75) is 12.8 Å². The highest BCUT2D eigenvalue weighted by Crippen LogP contribution is 2.30. The van der Waals surface area contributed by atoms with Crippen molar-refractivity contribution in [1.29, 1.82) is 0 Å². The molecule has 0 spiro atoms. The number of rotatable bonds is 2. The minimum atomic E-state index is 0.243. The second kappa shape index (κ2) is 4.45. The molecule has 0 unspecified atom stereocenters. The summed E-state index contributed by atoms with van der Waals surface area (Å²) in [4.78, 5) is 17.5. The van der Waals surface area contributed by atoms with Crippen molar-refractivity contribution in [2.24, 2.45) is 5.92 Å². The van der Waals surface area contributed by atoms with Crippen LogP contribution in [0.3, 0.4) is 0 Å². The summed E-state index contributed by atoms with van der Waals surface area (Å²) in [5.74, 6) is 1.32. The van der Waals surface area contributed by atoms with Crippen LogP contribution in [-0.4, -0.2) is 24.4 Å². The summed E-state index contributed by atoms with van der Waals surface area (Å²) < 4.78 is 1.28. The van der Waals surface area contributed by atoms with E-state index in [1.165, 1.54) is 10.1 Å². The lowest BCUT2D eigenvalue weighted by Gasteiger charge is -2.30. The van der Waals surface area contributed by atoms with E-state index in [9.17, 15) is 4.79 Å². The fourth-order valence-corrected chi connectivity index (χ4v) is 3.16. The molecule has 2 aromatic rings. The lowest BCUT2D eigenvalue weighted by Crippen LogP contribution is -2.34. The first-order valence-electron chi connectivity index (χ1n) is 5.91. The molecule has 1 saturated heterocycles. The molecule has 0 amide bonds. The van der Waals surface area contributed by atoms with Gasteiger partial charge in [-0.15, -0.1) is 11.3 Å². The lowest BCUT2D eigenvalue weighted by molar-refractivity contribution is -0.111. The van der Waals surface area contributed by atoms with E-state index in [1.807, 2.05) is 6.20 Å². The van der Waals surface area contributed by atoms with Crippen molar-refractivity contribution >= 4 is 33.5 Å². The minimum Gasteiger partial charge on any atom is -0.356 e. The third kappa shape index (κ3) is 1.93. The number of piperidine rings is 1. The van der Waals surface area contributed by atoms with Crippen molar-refractivity contribution in [1.82, 2.24) is 4.98 Å². The third-order valence-corrected chi connectivity index (χ3v) is 4.27. The Hall–Kier alpha value is -1.42. The Kier molecular flexibility index (Phi) is 2.81. The van der Waals surface area contributed by atoms with Crippen molar-refractivity contribution < 1.29 is 4.79 Å². The second-order valence-corrected chi connectivity index (χ2v) is 5.38. The van der Waals surface area contributed by atoms with Crippen molar-refractivity contribution in [3.05, 3.63) is 23.7 Å². The highest BCUT2D eigenvalue weighted by molar-refractivity contribution is 7.17. The van der Waals surface area contributed by atoms with Crippen LogP contribution in [0.15, 0.2) is 23.7 Å². The van der Waals surface area contributed by atoms with Crippen molar-refractivity contribution in [3.63, 3.8) is 0 Å². The van der Waals surface area contributed by atoms with Crippen LogP contribution in [0.25, 0.3) is 10.1 Å². The predicted molar refractivity (Wildman–Crippen MR) is 70.6 cm³/mol. The molecule has 4 heteroatoms. The van der Waals surface area contributed by atoms with E-state index in [0.29, 0.717) is 0 Å². The zero-order valence-electron chi connectivity index (χ0n) is 9.50. The molecule has 0 aliphatic carbocycles. The first-order valence-corrected chi connectivity index (χ1v) is 6.79. The number of pyridine rings is 1. The topological polar surface area (TPSA) is 33.2 Å². The SMILES string of the molecule is O=CC1CCN(c2nccc3sccc23)CC1. The van der Waals surface area contributed by atoms with Gasteiger partial charge in [0.15, 0.2) is 0 Å². The monoisotopic (exact) mass is 246 g/mol. The van der Waals surface area contributed by atoms with E-state index in [2.05, 4.69) is 27.4 Å². The average Bonchev–Trinajstić information content (AvgIpc) is 2.87. The molecule has 1 aliphatic heterocycles.